The molecule has 2 N–H and O–H groups in total. The van der Waals surface area contributed by atoms with Crippen LogP contribution in [-0.2, 0) is 0 Å². The fourth-order valence-electron chi connectivity index (χ4n) is 0.801. The van der Waals surface area contributed by atoms with Gasteiger partial charge in [-0.1, -0.05) is 6.08 Å². The van der Waals surface area contributed by atoms with Crippen molar-refractivity contribution in [2.45, 2.75) is 6.42 Å². The predicted molar refractivity (Wildman–Crippen MR) is 32.3 cm³/mol. The standard InChI is InChI=1S/C6H11NO/c8-5-6-2-1-3-7-4-6/h1,3,6-8H,2,4-5H2. The van der Waals surface area contributed by atoms with Gasteiger partial charge in [0.25, 0.3) is 0 Å². The van der Waals surface area contributed by atoms with Crippen LogP contribution in [0.3, 0.4) is 0 Å². The fraction of sp³-hybridized carbons (Fsp3) is 0.667. The van der Waals surface area contributed by atoms with Crippen LogP contribution < -0.4 is 5.32 Å². The maximum absolute atomic E-state index is 8.62. The maximum atomic E-state index is 8.62. The van der Waals surface area contributed by atoms with E-state index in [0.717, 1.165) is 13.0 Å². The van der Waals surface area contributed by atoms with Gasteiger partial charge in [-0.05, 0) is 12.6 Å². The van der Waals surface area contributed by atoms with Crippen LogP contribution in [0.25, 0.3) is 0 Å². The lowest BCUT2D eigenvalue weighted by Crippen LogP contribution is -2.23. The Balaban J connectivity index is 2.27. The Morgan fingerprint density at radius 2 is 2.62 bits per heavy atom. The van der Waals surface area contributed by atoms with Crippen LogP contribution in [-0.4, -0.2) is 18.3 Å². The highest BCUT2D eigenvalue weighted by Gasteiger charge is 2.05. The molecule has 0 aromatic carbocycles. The highest BCUT2D eigenvalue weighted by Crippen LogP contribution is 2.04. The van der Waals surface area contributed by atoms with Gasteiger partial charge in [0.05, 0.1) is 0 Å². The normalized spacial score (nSPS) is 27.4. The summed E-state index contributed by atoms with van der Waals surface area (Å²) in [5.41, 5.74) is 0. The monoisotopic (exact) mass is 113 g/mol. The third-order valence-electron chi connectivity index (χ3n) is 1.37. The molecule has 0 aromatic rings. The van der Waals surface area contributed by atoms with Crippen molar-refractivity contribution in [3.8, 4) is 0 Å². The third-order valence-corrected chi connectivity index (χ3v) is 1.37. The molecule has 1 unspecified atom stereocenters. The molecule has 46 valence electrons. The second-order valence-corrected chi connectivity index (χ2v) is 2.09. The van der Waals surface area contributed by atoms with Crippen LogP contribution in [0.15, 0.2) is 12.3 Å². The number of hydrogen-bond acceptors (Lipinski definition) is 2. The molecule has 0 bridgehead atoms. The van der Waals surface area contributed by atoms with Crippen LogP contribution in [0.4, 0.5) is 0 Å². The van der Waals surface area contributed by atoms with Crippen LogP contribution in [0.1, 0.15) is 6.42 Å². The third kappa shape index (κ3) is 1.23. The van der Waals surface area contributed by atoms with Crippen LogP contribution in [0.5, 0.6) is 0 Å². The van der Waals surface area contributed by atoms with E-state index in [1.54, 1.807) is 0 Å². The molecular formula is C6H11NO. The van der Waals surface area contributed by atoms with E-state index in [1.807, 2.05) is 12.3 Å². The Morgan fingerprint density at radius 3 is 3.00 bits per heavy atom. The smallest absolute Gasteiger partial charge is 0.0479 e. The van der Waals surface area contributed by atoms with Crippen molar-refractivity contribution in [2.75, 3.05) is 13.2 Å². The second kappa shape index (κ2) is 2.72. The fourth-order valence-corrected chi connectivity index (χ4v) is 0.801. The first-order chi connectivity index (χ1) is 3.93. The van der Waals surface area contributed by atoms with Crippen molar-refractivity contribution < 1.29 is 5.11 Å². The SMILES string of the molecule is OCC1CC=CNC1. The highest BCUT2D eigenvalue weighted by molar-refractivity contribution is 4.88. The highest BCUT2D eigenvalue weighted by atomic mass is 16.3. The summed E-state index contributed by atoms with van der Waals surface area (Å²) in [6, 6.07) is 0. The van der Waals surface area contributed by atoms with Gasteiger partial charge in [-0.3, -0.25) is 0 Å². The zero-order valence-corrected chi connectivity index (χ0v) is 4.80. The van der Waals surface area contributed by atoms with Crippen molar-refractivity contribution in [1.29, 1.82) is 0 Å². The summed E-state index contributed by atoms with van der Waals surface area (Å²) in [7, 11) is 0. The van der Waals surface area contributed by atoms with Crippen molar-refractivity contribution in [3.63, 3.8) is 0 Å². The molecule has 2 heteroatoms. The Hall–Kier alpha value is -0.500. The van der Waals surface area contributed by atoms with E-state index in [4.69, 9.17) is 5.11 Å². The molecular weight excluding hydrogens is 102 g/mol. The molecule has 0 amide bonds. The summed E-state index contributed by atoms with van der Waals surface area (Å²) >= 11 is 0. The Morgan fingerprint density at radius 1 is 1.75 bits per heavy atom. The van der Waals surface area contributed by atoms with Crippen LogP contribution in [0, 0.1) is 5.92 Å². The average molecular weight is 113 g/mol. The number of aliphatic hydroxyl groups excluding tert-OH is 1. The number of allylic oxidation sites excluding steroid dienone is 1. The summed E-state index contributed by atoms with van der Waals surface area (Å²) in [5, 5.41) is 11.7. The lowest BCUT2D eigenvalue weighted by molar-refractivity contribution is 0.224. The van der Waals surface area contributed by atoms with E-state index in [0.29, 0.717) is 12.5 Å². The van der Waals surface area contributed by atoms with Gasteiger partial charge < -0.3 is 10.4 Å². The van der Waals surface area contributed by atoms with Gasteiger partial charge in [-0.2, -0.15) is 0 Å². The molecule has 0 fully saturated rings. The lowest BCUT2D eigenvalue weighted by Gasteiger charge is -2.15. The van der Waals surface area contributed by atoms with Gasteiger partial charge in [-0.15, -0.1) is 0 Å². The zero-order valence-electron chi connectivity index (χ0n) is 4.80. The van der Waals surface area contributed by atoms with E-state index in [-0.39, 0.29) is 0 Å². The van der Waals surface area contributed by atoms with E-state index < -0.39 is 0 Å². The summed E-state index contributed by atoms with van der Waals surface area (Å²) in [6.07, 6.45) is 5.00. The van der Waals surface area contributed by atoms with E-state index in [2.05, 4.69) is 5.32 Å². The number of aliphatic hydroxyl groups is 1. The van der Waals surface area contributed by atoms with Crippen LogP contribution in [0.2, 0.25) is 0 Å². The van der Waals surface area contributed by atoms with Crippen molar-refractivity contribution in [2.24, 2.45) is 5.92 Å². The molecule has 1 aliphatic rings. The van der Waals surface area contributed by atoms with Gasteiger partial charge in [0.2, 0.25) is 0 Å². The van der Waals surface area contributed by atoms with Gasteiger partial charge in [-0.25, -0.2) is 0 Å². The first-order valence-corrected chi connectivity index (χ1v) is 2.92. The summed E-state index contributed by atoms with van der Waals surface area (Å²) in [6.45, 7) is 1.23. The largest absolute Gasteiger partial charge is 0.396 e. The quantitative estimate of drug-likeness (QED) is 0.505. The first-order valence-electron chi connectivity index (χ1n) is 2.92. The Labute approximate surface area is 49.2 Å². The minimum atomic E-state index is 0.303. The summed E-state index contributed by atoms with van der Waals surface area (Å²) in [5.74, 6) is 0.444. The topological polar surface area (TPSA) is 32.3 Å². The molecule has 1 aliphatic heterocycles. The number of rotatable bonds is 1. The number of hydrogen-bond donors (Lipinski definition) is 2. The molecule has 0 spiro atoms. The lowest BCUT2D eigenvalue weighted by atomic mass is 10.1. The van der Waals surface area contributed by atoms with E-state index in [9.17, 15) is 0 Å². The zero-order chi connectivity index (χ0) is 5.82. The molecule has 1 atom stereocenters. The molecule has 1 heterocycles. The molecule has 0 aliphatic carbocycles. The summed E-state index contributed by atoms with van der Waals surface area (Å²) < 4.78 is 0. The Kier molecular flexibility index (Phi) is 1.92. The molecule has 0 radical (unpaired) electrons. The first kappa shape index (κ1) is 5.63. The van der Waals surface area contributed by atoms with Crippen LogP contribution >= 0.6 is 0 Å². The van der Waals surface area contributed by atoms with Crippen molar-refractivity contribution >= 4 is 0 Å². The molecule has 2 nitrogen and oxygen atoms in total. The van der Waals surface area contributed by atoms with Gasteiger partial charge >= 0.3 is 0 Å². The summed E-state index contributed by atoms with van der Waals surface area (Å²) in [4.78, 5) is 0. The maximum Gasteiger partial charge on any atom is 0.0479 e. The minimum absolute atomic E-state index is 0.303. The molecule has 0 saturated heterocycles. The van der Waals surface area contributed by atoms with E-state index >= 15 is 0 Å². The molecule has 0 aromatic heterocycles. The van der Waals surface area contributed by atoms with Crippen molar-refractivity contribution in [3.05, 3.63) is 12.3 Å². The molecule has 1 rings (SSSR count). The van der Waals surface area contributed by atoms with Crippen molar-refractivity contribution in [1.82, 2.24) is 5.32 Å². The van der Waals surface area contributed by atoms with Gasteiger partial charge in [0.15, 0.2) is 0 Å². The van der Waals surface area contributed by atoms with E-state index in [1.165, 1.54) is 0 Å². The average Bonchev–Trinajstić information content (AvgIpc) is 1.90. The second-order valence-electron chi connectivity index (χ2n) is 2.09. The minimum Gasteiger partial charge on any atom is -0.396 e. The molecule has 0 saturated carbocycles. The van der Waals surface area contributed by atoms with Gasteiger partial charge in [0.1, 0.15) is 0 Å². The Bertz CT molecular complexity index is 90.5. The predicted octanol–water partition coefficient (Wildman–Crippen LogP) is 0.102. The number of nitrogens with one attached hydrogen (secondary N) is 1. The van der Waals surface area contributed by atoms with Gasteiger partial charge in [0, 0.05) is 19.1 Å². The molecule has 8 heavy (non-hydrogen) atoms.